The Balaban J connectivity index is 1.62. The normalized spacial score (nSPS) is 28.1. The van der Waals surface area contributed by atoms with Crippen LogP contribution in [0.3, 0.4) is 0 Å². The van der Waals surface area contributed by atoms with Crippen molar-refractivity contribution in [3.63, 3.8) is 0 Å². The third-order valence-corrected chi connectivity index (χ3v) is 4.81. The van der Waals surface area contributed by atoms with Crippen LogP contribution in [-0.4, -0.2) is 63.5 Å². The van der Waals surface area contributed by atoms with Crippen molar-refractivity contribution < 1.29 is 10.2 Å². The molecule has 3 rings (SSSR count). The monoisotopic (exact) mass is 307 g/mol. The molecule has 2 aliphatic rings. The van der Waals surface area contributed by atoms with Crippen molar-refractivity contribution in [1.29, 1.82) is 0 Å². The van der Waals surface area contributed by atoms with E-state index in [2.05, 4.69) is 27.2 Å². The Morgan fingerprint density at radius 1 is 1.36 bits per heavy atom. The van der Waals surface area contributed by atoms with Crippen molar-refractivity contribution in [2.24, 2.45) is 0 Å². The Kier molecular flexibility index (Phi) is 4.20. The van der Waals surface area contributed by atoms with Gasteiger partial charge in [-0.25, -0.2) is 4.98 Å². The third kappa shape index (κ3) is 3.48. The number of rotatable bonds is 4. The van der Waals surface area contributed by atoms with Gasteiger partial charge in [-0.3, -0.25) is 0 Å². The van der Waals surface area contributed by atoms with Crippen LogP contribution in [0.4, 0.5) is 11.8 Å². The zero-order chi connectivity index (χ0) is 15.7. The van der Waals surface area contributed by atoms with Gasteiger partial charge >= 0.3 is 0 Å². The maximum atomic E-state index is 10.6. The highest BCUT2D eigenvalue weighted by molar-refractivity contribution is 5.42. The van der Waals surface area contributed by atoms with E-state index in [9.17, 15) is 10.2 Å². The molecule has 1 aliphatic carbocycles. The molecule has 1 saturated carbocycles. The highest BCUT2D eigenvalue weighted by atomic mass is 16.3. The number of likely N-dealkylation sites (tertiary alicyclic amines) is 1. The van der Waals surface area contributed by atoms with E-state index >= 15 is 0 Å². The minimum Gasteiger partial charge on any atom is -0.393 e. The molecular weight excluding hydrogens is 282 g/mol. The summed E-state index contributed by atoms with van der Waals surface area (Å²) in [7, 11) is 2.07. The smallest absolute Gasteiger partial charge is 0.222 e. The molecule has 5 N–H and O–H groups in total. The zero-order valence-electron chi connectivity index (χ0n) is 13.0. The number of nitrogens with one attached hydrogen (secondary N) is 1. The third-order valence-electron chi connectivity index (χ3n) is 4.81. The molecule has 0 bridgehead atoms. The van der Waals surface area contributed by atoms with Gasteiger partial charge < -0.3 is 26.2 Å². The van der Waals surface area contributed by atoms with Gasteiger partial charge in [0.2, 0.25) is 5.95 Å². The Bertz CT molecular complexity index is 525. The predicted molar refractivity (Wildman–Crippen MR) is 84.6 cm³/mol. The van der Waals surface area contributed by atoms with Crippen LogP contribution < -0.4 is 11.1 Å². The number of nitrogens with two attached hydrogens (primary N) is 1. The first-order chi connectivity index (χ1) is 10.4. The maximum absolute atomic E-state index is 10.6. The number of aliphatic hydroxyl groups is 2. The average Bonchev–Trinajstić information content (AvgIpc) is 2.45. The van der Waals surface area contributed by atoms with Gasteiger partial charge in [0.05, 0.1) is 17.4 Å². The number of nitrogen functional groups attached to an aromatic ring is 1. The average molecular weight is 307 g/mol. The lowest BCUT2D eigenvalue weighted by molar-refractivity contribution is -0.00409. The summed E-state index contributed by atoms with van der Waals surface area (Å²) in [6.45, 7) is 2.26. The molecule has 1 saturated heterocycles. The van der Waals surface area contributed by atoms with Crippen LogP contribution in [0.2, 0.25) is 0 Å². The number of piperidine rings is 1. The van der Waals surface area contributed by atoms with Crippen LogP contribution in [0.5, 0.6) is 0 Å². The second-order valence-corrected chi connectivity index (χ2v) is 6.74. The summed E-state index contributed by atoms with van der Waals surface area (Å²) in [6, 6.07) is 1.88. The molecule has 2 heterocycles. The molecule has 2 fully saturated rings. The molecule has 0 unspecified atom stereocenters. The molecule has 0 aromatic carbocycles. The topological polar surface area (TPSA) is 108 Å². The molecule has 0 amide bonds. The molecule has 1 aromatic rings. The van der Waals surface area contributed by atoms with Crippen LogP contribution in [0.15, 0.2) is 6.07 Å². The lowest BCUT2D eigenvalue weighted by Crippen LogP contribution is -2.47. The van der Waals surface area contributed by atoms with Crippen molar-refractivity contribution in [3.8, 4) is 0 Å². The number of anilines is 2. The van der Waals surface area contributed by atoms with Crippen LogP contribution in [0.1, 0.15) is 37.3 Å². The summed E-state index contributed by atoms with van der Waals surface area (Å²) >= 11 is 0. The van der Waals surface area contributed by atoms with Crippen LogP contribution >= 0.6 is 0 Å². The summed E-state index contributed by atoms with van der Waals surface area (Å²) in [5.41, 5.74) is 5.95. The minimum atomic E-state index is -0.695. The summed E-state index contributed by atoms with van der Waals surface area (Å²) in [5.74, 6) is 1.14. The molecule has 22 heavy (non-hydrogen) atoms. The quantitative estimate of drug-likeness (QED) is 0.628. The van der Waals surface area contributed by atoms with E-state index in [1.165, 1.54) is 0 Å². The van der Waals surface area contributed by atoms with E-state index in [0.29, 0.717) is 12.4 Å². The van der Waals surface area contributed by atoms with Gasteiger partial charge in [0.25, 0.3) is 0 Å². The van der Waals surface area contributed by atoms with Crippen LogP contribution in [0, 0.1) is 0 Å². The van der Waals surface area contributed by atoms with Gasteiger partial charge in [0.15, 0.2) is 0 Å². The maximum Gasteiger partial charge on any atom is 0.222 e. The summed E-state index contributed by atoms with van der Waals surface area (Å²) < 4.78 is 0. The number of hydrogen-bond acceptors (Lipinski definition) is 7. The van der Waals surface area contributed by atoms with Gasteiger partial charge in [-0.2, -0.15) is 4.98 Å². The summed E-state index contributed by atoms with van der Waals surface area (Å²) in [4.78, 5) is 10.7. The molecule has 1 aromatic heterocycles. The lowest BCUT2D eigenvalue weighted by Gasteiger charge is -2.36. The van der Waals surface area contributed by atoms with Crippen molar-refractivity contribution in [2.75, 3.05) is 37.7 Å². The molecular formula is C15H25N5O2. The second-order valence-electron chi connectivity index (χ2n) is 6.74. The number of aliphatic hydroxyl groups excluding tert-OH is 1. The van der Waals surface area contributed by atoms with Gasteiger partial charge in [-0.1, -0.05) is 0 Å². The fraction of sp³-hybridized carbons (Fsp3) is 0.733. The highest BCUT2D eigenvalue weighted by Crippen LogP contribution is 2.36. The zero-order valence-corrected chi connectivity index (χ0v) is 13.0. The fourth-order valence-electron chi connectivity index (χ4n) is 3.08. The Hall–Kier alpha value is -1.44. The fourth-order valence-corrected chi connectivity index (χ4v) is 3.08. The molecule has 1 aliphatic heterocycles. The molecule has 7 heteroatoms. The van der Waals surface area contributed by atoms with Crippen LogP contribution in [0.25, 0.3) is 0 Å². The molecule has 7 nitrogen and oxygen atoms in total. The number of aromatic nitrogens is 2. The predicted octanol–water partition coefficient (Wildman–Crippen LogP) is 0.166. The highest BCUT2D eigenvalue weighted by Gasteiger charge is 2.32. The summed E-state index contributed by atoms with van der Waals surface area (Å²) in [6.07, 6.45) is 2.73. The van der Waals surface area contributed by atoms with E-state index in [0.717, 1.165) is 44.5 Å². The molecule has 122 valence electrons. The number of hydrogen-bond donors (Lipinski definition) is 4. The van der Waals surface area contributed by atoms with Crippen molar-refractivity contribution >= 4 is 11.8 Å². The first-order valence-electron chi connectivity index (χ1n) is 7.91. The largest absolute Gasteiger partial charge is 0.393 e. The Morgan fingerprint density at radius 2 is 2.05 bits per heavy atom. The van der Waals surface area contributed by atoms with Crippen LogP contribution in [-0.2, 0) is 0 Å². The van der Waals surface area contributed by atoms with E-state index in [-0.39, 0.29) is 18.0 Å². The van der Waals surface area contributed by atoms with Gasteiger partial charge in [-0.15, -0.1) is 0 Å². The second kappa shape index (κ2) is 5.98. The number of nitrogens with zero attached hydrogens (tertiary/aromatic N) is 3. The molecule has 0 radical (unpaired) electrons. The first-order valence-corrected chi connectivity index (χ1v) is 7.91. The van der Waals surface area contributed by atoms with E-state index in [1.54, 1.807) is 0 Å². The van der Waals surface area contributed by atoms with E-state index < -0.39 is 5.60 Å². The van der Waals surface area contributed by atoms with Crippen molar-refractivity contribution in [2.45, 2.75) is 43.3 Å². The van der Waals surface area contributed by atoms with E-state index in [1.807, 2.05) is 6.07 Å². The molecule has 0 spiro atoms. The van der Waals surface area contributed by atoms with Gasteiger partial charge in [0, 0.05) is 31.6 Å². The lowest BCUT2D eigenvalue weighted by atomic mass is 9.80. The first kappa shape index (κ1) is 15.5. The van der Waals surface area contributed by atoms with Gasteiger partial charge in [-0.05, 0) is 32.7 Å². The standard InChI is InChI=1S/C15H25N5O2/c1-20-4-2-15(22,3-5-20)9-17-13-8-12(18-14(16)19-13)10-6-11(21)7-10/h8,10-11,21-22H,2-7,9H2,1H3,(H3,16,17,18,19). The van der Waals surface area contributed by atoms with Crippen molar-refractivity contribution in [1.82, 2.24) is 14.9 Å². The Morgan fingerprint density at radius 3 is 2.68 bits per heavy atom. The Labute approximate surface area is 130 Å². The van der Waals surface area contributed by atoms with Crippen molar-refractivity contribution in [3.05, 3.63) is 11.8 Å². The SMILES string of the molecule is CN1CCC(O)(CNc2cc(C3CC(O)C3)nc(N)n2)CC1. The minimum absolute atomic E-state index is 0.225. The van der Waals surface area contributed by atoms with Gasteiger partial charge in [0.1, 0.15) is 5.82 Å². The summed E-state index contributed by atoms with van der Waals surface area (Å²) in [5, 5.41) is 23.2. The molecule has 0 atom stereocenters. The van der Waals surface area contributed by atoms with E-state index in [4.69, 9.17) is 5.73 Å².